The van der Waals surface area contributed by atoms with Crippen molar-refractivity contribution >= 4 is 17.7 Å². The Kier molecular flexibility index (Phi) is 2.92. The smallest absolute Gasteiger partial charge is 0.313 e. The maximum absolute atomic E-state index is 10.1. The van der Waals surface area contributed by atoms with Gasteiger partial charge in [0, 0.05) is 11.1 Å². The molecule has 57 valence electrons. The van der Waals surface area contributed by atoms with E-state index in [1.54, 1.807) is 18.3 Å². The Morgan fingerprint density at radius 2 is 2.64 bits per heavy atom. The minimum atomic E-state index is -0.827. The van der Waals surface area contributed by atoms with Gasteiger partial charge in [0.05, 0.1) is 5.75 Å². The highest BCUT2D eigenvalue weighted by atomic mass is 32.2. The van der Waals surface area contributed by atoms with Crippen LogP contribution < -0.4 is 0 Å². The van der Waals surface area contributed by atoms with Gasteiger partial charge in [0.2, 0.25) is 0 Å². The van der Waals surface area contributed by atoms with Gasteiger partial charge in [-0.2, -0.15) is 0 Å². The molecule has 0 spiro atoms. The first-order valence-electron chi connectivity index (χ1n) is 2.96. The summed E-state index contributed by atoms with van der Waals surface area (Å²) in [6.07, 6.45) is 4.28. The number of pyridine rings is 1. The van der Waals surface area contributed by atoms with E-state index < -0.39 is 5.97 Å². The van der Waals surface area contributed by atoms with Gasteiger partial charge in [-0.15, -0.1) is 11.8 Å². The average molecular weight is 168 g/mol. The molecule has 0 aliphatic rings. The van der Waals surface area contributed by atoms with Crippen molar-refractivity contribution in [2.75, 3.05) is 5.75 Å². The molecular weight excluding hydrogens is 162 g/mol. The van der Waals surface area contributed by atoms with Crippen molar-refractivity contribution in [3.63, 3.8) is 0 Å². The van der Waals surface area contributed by atoms with Crippen LogP contribution in [-0.2, 0) is 4.79 Å². The molecule has 0 amide bonds. The third kappa shape index (κ3) is 3.04. The van der Waals surface area contributed by atoms with E-state index in [0.29, 0.717) is 0 Å². The lowest BCUT2D eigenvalue weighted by atomic mass is 10.5. The molecule has 3 nitrogen and oxygen atoms in total. The molecule has 0 saturated heterocycles. The highest BCUT2D eigenvalue weighted by Gasteiger charge is 1.98. The fraction of sp³-hybridized carbons (Fsp3) is 0.143. The fourth-order valence-electron chi connectivity index (χ4n) is 0.531. The standard InChI is InChI=1S/C7H6NO2S/c9-7(10)5-11-6-2-1-3-8-4-6/h1-3H,5H2,(H,9,10). The highest BCUT2D eigenvalue weighted by molar-refractivity contribution is 8.00. The molecule has 11 heavy (non-hydrogen) atoms. The number of carbonyl (C=O) groups is 1. The van der Waals surface area contributed by atoms with E-state index >= 15 is 0 Å². The van der Waals surface area contributed by atoms with Crippen molar-refractivity contribution < 1.29 is 9.90 Å². The number of carboxylic acid groups (broad SMARTS) is 1. The lowest BCUT2D eigenvalue weighted by Crippen LogP contribution is -1.97. The van der Waals surface area contributed by atoms with Crippen molar-refractivity contribution in [1.29, 1.82) is 0 Å². The summed E-state index contributed by atoms with van der Waals surface area (Å²) in [5.41, 5.74) is 0. The Morgan fingerprint density at radius 3 is 3.18 bits per heavy atom. The van der Waals surface area contributed by atoms with Crippen molar-refractivity contribution in [2.45, 2.75) is 4.90 Å². The molecule has 0 fully saturated rings. The molecule has 1 rings (SSSR count). The molecule has 0 aliphatic carbocycles. The molecule has 1 aromatic heterocycles. The lowest BCUT2D eigenvalue weighted by molar-refractivity contribution is -0.133. The minimum Gasteiger partial charge on any atom is -0.481 e. The zero-order valence-corrected chi connectivity index (χ0v) is 6.47. The quantitative estimate of drug-likeness (QED) is 0.685. The van der Waals surface area contributed by atoms with Crippen LogP contribution in [0.1, 0.15) is 0 Å². The molecule has 1 radical (unpaired) electrons. The highest BCUT2D eigenvalue weighted by Crippen LogP contribution is 2.14. The van der Waals surface area contributed by atoms with Gasteiger partial charge < -0.3 is 5.11 Å². The van der Waals surface area contributed by atoms with Crippen LogP contribution in [-0.4, -0.2) is 21.8 Å². The van der Waals surface area contributed by atoms with Crippen molar-refractivity contribution in [2.24, 2.45) is 0 Å². The van der Waals surface area contributed by atoms with Gasteiger partial charge in [0.15, 0.2) is 0 Å². The molecule has 0 aliphatic heterocycles. The monoisotopic (exact) mass is 168 g/mol. The molecule has 0 aromatic carbocycles. The number of rotatable bonds is 3. The number of carboxylic acids is 1. The minimum absolute atomic E-state index is 0.0577. The first-order chi connectivity index (χ1) is 5.29. The van der Waals surface area contributed by atoms with Gasteiger partial charge in [-0.3, -0.25) is 9.78 Å². The zero-order chi connectivity index (χ0) is 8.10. The molecule has 1 aromatic rings. The van der Waals surface area contributed by atoms with Gasteiger partial charge in [-0.1, -0.05) is 0 Å². The Labute approximate surface area is 68.5 Å². The maximum Gasteiger partial charge on any atom is 0.313 e. The summed E-state index contributed by atoms with van der Waals surface area (Å²) in [6.45, 7) is 0. The van der Waals surface area contributed by atoms with Crippen LogP contribution in [0.4, 0.5) is 0 Å². The van der Waals surface area contributed by atoms with Crippen LogP contribution in [0, 0.1) is 6.20 Å². The van der Waals surface area contributed by atoms with Crippen molar-refractivity contribution in [3.8, 4) is 0 Å². The Hall–Kier alpha value is -1.03. The van der Waals surface area contributed by atoms with E-state index in [1.807, 2.05) is 0 Å². The number of hydrogen-bond acceptors (Lipinski definition) is 3. The molecule has 0 saturated carbocycles. The lowest BCUT2D eigenvalue weighted by Gasteiger charge is -1.93. The van der Waals surface area contributed by atoms with E-state index in [1.165, 1.54) is 11.8 Å². The van der Waals surface area contributed by atoms with Gasteiger partial charge in [0.25, 0.3) is 0 Å². The molecule has 0 bridgehead atoms. The van der Waals surface area contributed by atoms with Gasteiger partial charge in [-0.25, -0.2) is 0 Å². The summed E-state index contributed by atoms with van der Waals surface area (Å²) >= 11 is 1.21. The summed E-state index contributed by atoms with van der Waals surface area (Å²) in [5.74, 6) is -0.769. The predicted octanol–water partition coefficient (Wildman–Crippen LogP) is 1.06. The molecule has 1 N–H and O–H groups in total. The molecular formula is C7H6NO2S. The predicted molar refractivity (Wildman–Crippen MR) is 41.4 cm³/mol. The van der Waals surface area contributed by atoms with Gasteiger partial charge in [0.1, 0.15) is 6.20 Å². The van der Waals surface area contributed by atoms with E-state index in [4.69, 9.17) is 5.11 Å². The molecule has 4 heteroatoms. The number of aromatic nitrogens is 1. The Morgan fingerprint density at radius 1 is 1.82 bits per heavy atom. The molecule has 0 atom stereocenters. The third-order valence-corrected chi connectivity index (χ3v) is 1.86. The zero-order valence-electron chi connectivity index (χ0n) is 5.65. The normalized spacial score (nSPS) is 9.45. The Balaban J connectivity index is 2.45. The van der Waals surface area contributed by atoms with Crippen LogP contribution in [0.3, 0.4) is 0 Å². The van der Waals surface area contributed by atoms with Gasteiger partial charge >= 0.3 is 5.97 Å². The van der Waals surface area contributed by atoms with Crippen LogP contribution in [0.5, 0.6) is 0 Å². The average Bonchev–Trinajstić information content (AvgIpc) is 2.03. The molecule has 0 unspecified atom stereocenters. The topological polar surface area (TPSA) is 50.2 Å². The number of nitrogens with zero attached hydrogens (tertiary/aromatic N) is 1. The first-order valence-corrected chi connectivity index (χ1v) is 3.95. The maximum atomic E-state index is 10.1. The Bertz CT molecular complexity index is 237. The second-order valence-electron chi connectivity index (χ2n) is 1.80. The van der Waals surface area contributed by atoms with Crippen molar-refractivity contribution in [1.82, 2.24) is 4.98 Å². The summed E-state index contributed by atoms with van der Waals surface area (Å²) in [7, 11) is 0. The number of aliphatic carboxylic acids is 1. The van der Waals surface area contributed by atoms with E-state index in [9.17, 15) is 4.79 Å². The number of thioether (sulfide) groups is 1. The van der Waals surface area contributed by atoms with E-state index in [0.717, 1.165) is 4.90 Å². The summed E-state index contributed by atoms with van der Waals surface area (Å²) in [4.78, 5) is 14.6. The summed E-state index contributed by atoms with van der Waals surface area (Å²) < 4.78 is 0. The fourth-order valence-corrected chi connectivity index (χ4v) is 1.10. The second kappa shape index (κ2) is 3.98. The molecule has 1 heterocycles. The number of hydrogen-bond donors (Lipinski definition) is 1. The summed E-state index contributed by atoms with van der Waals surface area (Å²) in [6, 6.07) is 3.53. The van der Waals surface area contributed by atoms with Gasteiger partial charge in [-0.05, 0) is 12.1 Å². The van der Waals surface area contributed by atoms with Crippen LogP contribution in [0.2, 0.25) is 0 Å². The van der Waals surface area contributed by atoms with E-state index in [-0.39, 0.29) is 5.75 Å². The summed E-state index contributed by atoms with van der Waals surface area (Å²) in [5, 5.41) is 8.32. The van der Waals surface area contributed by atoms with Crippen LogP contribution >= 0.6 is 11.8 Å². The van der Waals surface area contributed by atoms with Crippen LogP contribution in [0.25, 0.3) is 0 Å². The SMILES string of the molecule is O=C(O)CSc1[c]nccc1. The second-order valence-corrected chi connectivity index (χ2v) is 2.81. The van der Waals surface area contributed by atoms with Crippen LogP contribution in [0.15, 0.2) is 23.2 Å². The first kappa shape index (κ1) is 8.07. The van der Waals surface area contributed by atoms with E-state index in [2.05, 4.69) is 11.2 Å². The van der Waals surface area contributed by atoms with Crippen molar-refractivity contribution in [3.05, 3.63) is 24.5 Å². The largest absolute Gasteiger partial charge is 0.481 e. The third-order valence-electron chi connectivity index (χ3n) is 0.934.